The first-order valence-electron chi connectivity index (χ1n) is 6.39. The van der Waals surface area contributed by atoms with Crippen molar-refractivity contribution in [2.45, 2.75) is 13.0 Å². The first kappa shape index (κ1) is 14.8. The van der Waals surface area contributed by atoms with Gasteiger partial charge in [0.05, 0.1) is 0 Å². The van der Waals surface area contributed by atoms with Gasteiger partial charge in [0, 0.05) is 17.8 Å². The SMILES string of the molecule is N#CCOc1ccc(NCc2ccc(C(F)F)cc2)cc1. The zero-order chi connectivity index (χ0) is 15.1. The number of nitrogens with zero attached hydrogens (tertiary/aromatic N) is 1. The quantitative estimate of drug-likeness (QED) is 0.869. The zero-order valence-corrected chi connectivity index (χ0v) is 11.2. The highest BCUT2D eigenvalue weighted by Crippen LogP contribution is 2.20. The van der Waals surface area contributed by atoms with Gasteiger partial charge in [0.15, 0.2) is 6.61 Å². The minimum atomic E-state index is -2.44. The van der Waals surface area contributed by atoms with E-state index >= 15 is 0 Å². The summed E-state index contributed by atoms with van der Waals surface area (Å²) in [6.45, 7) is 0.561. The Labute approximate surface area is 121 Å². The first-order valence-corrected chi connectivity index (χ1v) is 6.39. The maximum absolute atomic E-state index is 12.4. The molecule has 0 saturated carbocycles. The number of rotatable bonds is 6. The molecule has 5 heteroatoms. The Kier molecular flexibility index (Phi) is 5.10. The lowest BCUT2D eigenvalue weighted by atomic mass is 10.1. The molecule has 0 spiro atoms. The molecule has 2 aromatic carbocycles. The third-order valence-electron chi connectivity index (χ3n) is 2.89. The summed E-state index contributed by atoms with van der Waals surface area (Å²) in [6.07, 6.45) is -2.44. The standard InChI is InChI=1S/C16H14F2N2O/c17-16(18)13-3-1-12(2-4-13)11-20-14-5-7-15(8-6-14)21-10-9-19/h1-8,16,20H,10-11H2. The molecule has 0 atom stereocenters. The molecule has 0 aliphatic heterocycles. The van der Waals surface area contributed by atoms with E-state index < -0.39 is 6.43 Å². The summed E-state index contributed by atoms with van der Waals surface area (Å²) >= 11 is 0. The van der Waals surface area contributed by atoms with Crippen LogP contribution in [-0.2, 0) is 6.54 Å². The molecule has 2 aromatic rings. The largest absolute Gasteiger partial charge is 0.479 e. The van der Waals surface area contributed by atoms with Crippen LogP contribution in [0.25, 0.3) is 0 Å². The summed E-state index contributed by atoms with van der Waals surface area (Å²) in [6, 6.07) is 15.3. The van der Waals surface area contributed by atoms with Crippen LogP contribution in [0.15, 0.2) is 48.5 Å². The van der Waals surface area contributed by atoms with Crippen LogP contribution in [0.5, 0.6) is 5.75 Å². The smallest absolute Gasteiger partial charge is 0.263 e. The van der Waals surface area contributed by atoms with E-state index in [1.165, 1.54) is 12.1 Å². The second-order valence-electron chi connectivity index (χ2n) is 4.37. The number of nitrogens with one attached hydrogen (secondary N) is 1. The van der Waals surface area contributed by atoms with Gasteiger partial charge in [-0.3, -0.25) is 0 Å². The third-order valence-corrected chi connectivity index (χ3v) is 2.89. The van der Waals surface area contributed by atoms with Gasteiger partial charge in [0.1, 0.15) is 11.8 Å². The van der Waals surface area contributed by atoms with Gasteiger partial charge in [-0.25, -0.2) is 8.78 Å². The number of halogens is 2. The lowest BCUT2D eigenvalue weighted by molar-refractivity contribution is 0.151. The molecular formula is C16H14F2N2O. The first-order chi connectivity index (χ1) is 10.2. The van der Waals surface area contributed by atoms with Gasteiger partial charge in [-0.2, -0.15) is 5.26 Å². The predicted molar refractivity (Wildman–Crippen MR) is 76.3 cm³/mol. The number of hydrogen-bond donors (Lipinski definition) is 1. The van der Waals surface area contributed by atoms with Crippen molar-refractivity contribution >= 4 is 5.69 Å². The van der Waals surface area contributed by atoms with Gasteiger partial charge in [-0.05, 0) is 29.8 Å². The number of nitriles is 1. The normalized spacial score (nSPS) is 10.2. The number of benzene rings is 2. The van der Waals surface area contributed by atoms with Gasteiger partial charge < -0.3 is 10.1 Å². The minimum Gasteiger partial charge on any atom is -0.479 e. The molecule has 0 aliphatic rings. The molecule has 108 valence electrons. The van der Waals surface area contributed by atoms with E-state index in [-0.39, 0.29) is 12.2 Å². The number of alkyl halides is 2. The fraction of sp³-hybridized carbons (Fsp3) is 0.188. The summed E-state index contributed by atoms with van der Waals surface area (Å²) < 4.78 is 30.0. The molecule has 0 aliphatic carbocycles. The Balaban J connectivity index is 1.89. The van der Waals surface area contributed by atoms with Crippen molar-refractivity contribution < 1.29 is 13.5 Å². The molecular weight excluding hydrogens is 274 g/mol. The van der Waals surface area contributed by atoms with E-state index in [9.17, 15) is 8.78 Å². The van der Waals surface area contributed by atoms with Crippen molar-refractivity contribution in [2.75, 3.05) is 11.9 Å². The number of ether oxygens (including phenoxy) is 1. The Morgan fingerprint density at radius 2 is 1.71 bits per heavy atom. The van der Waals surface area contributed by atoms with E-state index in [1.54, 1.807) is 24.3 Å². The van der Waals surface area contributed by atoms with Crippen molar-refractivity contribution in [1.29, 1.82) is 5.26 Å². The number of hydrogen-bond acceptors (Lipinski definition) is 3. The van der Waals surface area contributed by atoms with E-state index in [0.29, 0.717) is 12.3 Å². The maximum Gasteiger partial charge on any atom is 0.263 e. The van der Waals surface area contributed by atoms with Crippen LogP contribution in [0.1, 0.15) is 17.6 Å². The van der Waals surface area contributed by atoms with Crippen LogP contribution in [0.3, 0.4) is 0 Å². The fourth-order valence-electron chi connectivity index (χ4n) is 1.77. The monoisotopic (exact) mass is 288 g/mol. The molecule has 0 heterocycles. The molecule has 0 amide bonds. The van der Waals surface area contributed by atoms with E-state index in [4.69, 9.17) is 10.00 Å². The second kappa shape index (κ2) is 7.25. The average molecular weight is 288 g/mol. The van der Waals surface area contributed by atoms with Crippen LogP contribution in [0.4, 0.5) is 14.5 Å². The van der Waals surface area contributed by atoms with Crippen LogP contribution in [-0.4, -0.2) is 6.61 Å². The maximum atomic E-state index is 12.4. The van der Waals surface area contributed by atoms with Crippen LogP contribution < -0.4 is 10.1 Å². The van der Waals surface area contributed by atoms with Crippen molar-refractivity contribution in [3.63, 3.8) is 0 Å². The molecule has 21 heavy (non-hydrogen) atoms. The van der Waals surface area contributed by atoms with Crippen LogP contribution in [0.2, 0.25) is 0 Å². The highest BCUT2D eigenvalue weighted by Gasteiger charge is 2.05. The second-order valence-corrected chi connectivity index (χ2v) is 4.37. The summed E-state index contributed by atoms with van der Waals surface area (Å²) in [7, 11) is 0. The lowest BCUT2D eigenvalue weighted by Crippen LogP contribution is -2.00. The van der Waals surface area contributed by atoms with Crippen molar-refractivity contribution in [1.82, 2.24) is 0 Å². The molecule has 2 rings (SSSR count). The third kappa shape index (κ3) is 4.46. The Bertz CT molecular complexity index is 604. The Morgan fingerprint density at radius 1 is 1.05 bits per heavy atom. The topological polar surface area (TPSA) is 45.0 Å². The van der Waals surface area contributed by atoms with Crippen molar-refractivity contribution in [3.05, 3.63) is 59.7 Å². The molecule has 0 fully saturated rings. The lowest BCUT2D eigenvalue weighted by Gasteiger charge is -2.08. The molecule has 1 N–H and O–H groups in total. The van der Waals surface area contributed by atoms with Crippen molar-refractivity contribution in [3.8, 4) is 11.8 Å². The molecule has 0 bridgehead atoms. The van der Waals surface area contributed by atoms with Crippen molar-refractivity contribution in [2.24, 2.45) is 0 Å². The van der Waals surface area contributed by atoms with Crippen LogP contribution in [0, 0.1) is 11.3 Å². The highest BCUT2D eigenvalue weighted by atomic mass is 19.3. The predicted octanol–water partition coefficient (Wildman–Crippen LogP) is 4.14. The molecule has 0 saturated heterocycles. The summed E-state index contributed by atoms with van der Waals surface area (Å²) in [4.78, 5) is 0. The molecule has 3 nitrogen and oxygen atoms in total. The van der Waals surface area contributed by atoms with Gasteiger partial charge >= 0.3 is 0 Å². The molecule has 0 radical (unpaired) electrons. The molecule has 0 unspecified atom stereocenters. The van der Waals surface area contributed by atoms with Gasteiger partial charge in [-0.1, -0.05) is 24.3 Å². The van der Waals surface area contributed by atoms with Gasteiger partial charge in [0.25, 0.3) is 6.43 Å². The number of anilines is 1. The van der Waals surface area contributed by atoms with E-state index in [1.807, 2.05) is 18.2 Å². The summed E-state index contributed by atoms with van der Waals surface area (Å²) in [5.41, 5.74) is 1.83. The zero-order valence-electron chi connectivity index (χ0n) is 11.2. The fourth-order valence-corrected chi connectivity index (χ4v) is 1.77. The van der Waals surface area contributed by atoms with E-state index in [0.717, 1.165) is 11.3 Å². The summed E-state index contributed by atoms with van der Waals surface area (Å²) in [5.74, 6) is 0.628. The molecule has 0 aromatic heterocycles. The summed E-state index contributed by atoms with van der Waals surface area (Å²) in [5, 5.41) is 11.6. The highest BCUT2D eigenvalue weighted by molar-refractivity contribution is 5.46. The Hall–Kier alpha value is -2.61. The Morgan fingerprint density at radius 3 is 2.29 bits per heavy atom. The average Bonchev–Trinajstić information content (AvgIpc) is 2.52. The minimum absolute atomic E-state index is 0.0171. The van der Waals surface area contributed by atoms with E-state index in [2.05, 4.69) is 5.32 Å². The van der Waals surface area contributed by atoms with Gasteiger partial charge in [0.2, 0.25) is 0 Å². The van der Waals surface area contributed by atoms with Crippen LogP contribution >= 0.6 is 0 Å². The van der Waals surface area contributed by atoms with Gasteiger partial charge in [-0.15, -0.1) is 0 Å².